The van der Waals surface area contributed by atoms with Crippen LogP contribution in [-0.4, -0.2) is 5.16 Å². The van der Waals surface area contributed by atoms with Gasteiger partial charge in [0, 0.05) is 11.6 Å². The van der Waals surface area contributed by atoms with E-state index in [0.29, 0.717) is 16.6 Å². The van der Waals surface area contributed by atoms with E-state index in [1.54, 1.807) is 19.1 Å². The van der Waals surface area contributed by atoms with Crippen LogP contribution >= 0.6 is 15.9 Å². The third-order valence-electron chi connectivity index (χ3n) is 2.23. The first-order valence-corrected chi connectivity index (χ1v) is 5.61. The topological polar surface area (TPSA) is 26.0 Å². The summed E-state index contributed by atoms with van der Waals surface area (Å²) in [5.41, 5.74) is 2.03. The molecule has 1 heterocycles. The lowest BCUT2D eigenvalue weighted by molar-refractivity contribution is 0.398. The van der Waals surface area contributed by atoms with E-state index >= 15 is 0 Å². The van der Waals surface area contributed by atoms with E-state index < -0.39 is 0 Å². The maximum Gasteiger partial charge on any atom is 0.147 e. The highest BCUT2D eigenvalue weighted by Gasteiger charge is 2.10. The normalized spacial score (nSPS) is 10.6. The largest absolute Gasteiger partial charge is 0.360 e. The van der Waals surface area contributed by atoms with Crippen LogP contribution in [0.4, 0.5) is 4.39 Å². The number of rotatable bonds is 2. The average molecular weight is 270 g/mol. The molecule has 0 saturated heterocycles. The highest BCUT2D eigenvalue weighted by molar-refractivity contribution is 9.08. The number of hydrogen-bond donors (Lipinski definition) is 0. The van der Waals surface area contributed by atoms with Gasteiger partial charge in [0.1, 0.15) is 17.3 Å². The van der Waals surface area contributed by atoms with Crippen molar-refractivity contribution in [2.45, 2.75) is 12.3 Å². The zero-order valence-corrected chi connectivity index (χ0v) is 9.71. The fraction of sp³-hybridized carbons (Fsp3) is 0.182. The first-order valence-electron chi connectivity index (χ1n) is 4.49. The summed E-state index contributed by atoms with van der Waals surface area (Å²) in [6.07, 6.45) is 0. The number of hydrogen-bond acceptors (Lipinski definition) is 2. The number of alkyl halides is 1. The Balaban J connectivity index is 2.49. The van der Waals surface area contributed by atoms with Gasteiger partial charge in [-0.3, -0.25) is 0 Å². The van der Waals surface area contributed by atoms with E-state index in [-0.39, 0.29) is 5.82 Å². The van der Waals surface area contributed by atoms with Crippen molar-refractivity contribution in [3.05, 3.63) is 41.4 Å². The molecule has 78 valence electrons. The highest BCUT2D eigenvalue weighted by atomic mass is 79.9. The Bertz CT molecular complexity index is 481. The molecule has 2 nitrogen and oxygen atoms in total. The maximum atomic E-state index is 13.3. The Hall–Kier alpha value is -1.16. The van der Waals surface area contributed by atoms with Crippen molar-refractivity contribution in [2.24, 2.45) is 0 Å². The standard InChI is InChI=1S/C11H9BrFNO/c1-7-9(3-2-4-10(7)13)11-5-8(6-12)15-14-11/h2-5H,6H2,1H3. The summed E-state index contributed by atoms with van der Waals surface area (Å²) in [6, 6.07) is 6.73. The van der Waals surface area contributed by atoms with Gasteiger partial charge in [-0.1, -0.05) is 33.2 Å². The number of benzene rings is 1. The fourth-order valence-electron chi connectivity index (χ4n) is 1.39. The smallest absolute Gasteiger partial charge is 0.147 e. The van der Waals surface area contributed by atoms with Gasteiger partial charge < -0.3 is 4.52 Å². The van der Waals surface area contributed by atoms with Crippen molar-refractivity contribution < 1.29 is 8.91 Å². The highest BCUT2D eigenvalue weighted by Crippen LogP contribution is 2.25. The molecule has 0 aliphatic rings. The molecule has 0 bridgehead atoms. The summed E-state index contributed by atoms with van der Waals surface area (Å²) in [6.45, 7) is 1.73. The Morgan fingerprint density at radius 2 is 2.27 bits per heavy atom. The van der Waals surface area contributed by atoms with Crippen LogP contribution in [0.2, 0.25) is 0 Å². The molecule has 0 spiro atoms. The van der Waals surface area contributed by atoms with Crippen LogP contribution in [0, 0.1) is 12.7 Å². The molecule has 15 heavy (non-hydrogen) atoms. The van der Waals surface area contributed by atoms with Gasteiger partial charge in [0.25, 0.3) is 0 Å². The van der Waals surface area contributed by atoms with Gasteiger partial charge in [-0.05, 0) is 18.6 Å². The van der Waals surface area contributed by atoms with E-state index in [1.807, 2.05) is 6.07 Å². The molecule has 2 aromatic rings. The van der Waals surface area contributed by atoms with Crippen LogP contribution < -0.4 is 0 Å². The zero-order chi connectivity index (χ0) is 10.8. The number of aromatic nitrogens is 1. The fourth-order valence-corrected chi connectivity index (χ4v) is 1.65. The van der Waals surface area contributed by atoms with Gasteiger partial charge in [-0.15, -0.1) is 0 Å². The summed E-state index contributed by atoms with van der Waals surface area (Å²) in [5.74, 6) is 0.504. The van der Waals surface area contributed by atoms with Crippen LogP contribution in [-0.2, 0) is 5.33 Å². The van der Waals surface area contributed by atoms with Crippen molar-refractivity contribution in [1.82, 2.24) is 5.16 Å². The molecule has 0 aliphatic heterocycles. The minimum atomic E-state index is -0.226. The first-order chi connectivity index (χ1) is 7.22. The Kier molecular flexibility index (Phi) is 2.86. The molecular weight excluding hydrogens is 261 g/mol. The van der Waals surface area contributed by atoms with Crippen LogP contribution in [0.3, 0.4) is 0 Å². The molecule has 0 amide bonds. The molecule has 0 unspecified atom stereocenters. The molecule has 0 saturated carbocycles. The predicted molar refractivity (Wildman–Crippen MR) is 59.3 cm³/mol. The number of halogens is 2. The molecule has 0 radical (unpaired) electrons. The molecule has 4 heteroatoms. The van der Waals surface area contributed by atoms with E-state index in [1.165, 1.54) is 6.07 Å². The second kappa shape index (κ2) is 4.14. The molecule has 2 rings (SSSR count). The lowest BCUT2D eigenvalue weighted by atomic mass is 10.1. The van der Waals surface area contributed by atoms with Crippen LogP contribution in [0.5, 0.6) is 0 Å². The maximum absolute atomic E-state index is 13.3. The zero-order valence-electron chi connectivity index (χ0n) is 8.13. The summed E-state index contributed by atoms with van der Waals surface area (Å²) in [7, 11) is 0. The summed E-state index contributed by atoms with van der Waals surface area (Å²) < 4.78 is 18.3. The third-order valence-corrected chi connectivity index (χ3v) is 2.79. The Morgan fingerprint density at radius 3 is 2.93 bits per heavy atom. The van der Waals surface area contributed by atoms with E-state index in [0.717, 1.165) is 11.3 Å². The lowest BCUT2D eigenvalue weighted by Crippen LogP contribution is -1.87. The molecule has 0 fully saturated rings. The van der Waals surface area contributed by atoms with Crippen molar-refractivity contribution in [2.75, 3.05) is 0 Å². The van der Waals surface area contributed by atoms with Gasteiger partial charge in [0.05, 0.1) is 5.33 Å². The molecule has 0 N–H and O–H groups in total. The Labute approximate surface area is 95.2 Å². The first kappa shape index (κ1) is 10.4. The molecule has 1 aromatic carbocycles. The van der Waals surface area contributed by atoms with E-state index in [9.17, 15) is 4.39 Å². The van der Waals surface area contributed by atoms with E-state index in [2.05, 4.69) is 21.1 Å². The van der Waals surface area contributed by atoms with Gasteiger partial charge in [-0.2, -0.15) is 0 Å². The van der Waals surface area contributed by atoms with Crippen molar-refractivity contribution in [3.8, 4) is 11.3 Å². The summed E-state index contributed by atoms with van der Waals surface area (Å²) in [4.78, 5) is 0. The molecular formula is C11H9BrFNO. The van der Waals surface area contributed by atoms with Gasteiger partial charge in [0.2, 0.25) is 0 Å². The predicted octanol–water partition coefficient (Wildman–Crippen LogP) is 3.68. The SMILES string of the molecule is Cc1c(F)cccc1-c1cc(CBr)on1. The summed E-state index contributed by atoms with van der Waals surface area (Å²) >= 11 is 3.27. The minimum absolute atomic E-state index is 0.226. The van der Waals surface area contributed by atoms with Crippen molar-refractivity contribution >= 4 is 15.9 Å². The number of nitrogens with zero attached hydrogens (tertiary/aromatic N) is 1. The summed E-state index contributed by atoms with van der Waals surface area (Å²) in [5, 5.41) is 4.49. The van der Waals surface area contributed by atoms with Gasteiger partial charge in [-0.25, -0.2) is 4.39 Å². The van der Waals surface area contributed by atoms with E-state index in [4.69, 9.17) is 4.52 Å². The van der Waals surface area contributed by atoms with Crippen LogP contribution in [0.15, 0.2) is 28.8 Å². The van der Waals surface area contributed by atoms with Crippen molar-refractivity contribution in [3.63, 3.8) is 0 Å². The van der Waals surface area contributed by atoms with Crippen LogP contribution in [0.25, 0.3) is 11.3 Å². The monoisotopic (exact) mass is 269 g/mol. The second-order valence-corrected chi connectivity index (χ2v) is 3.79. The lowest BCUT2D eigenvalue weighted by Gasteiger charge is -2.01. The molecule has 1 aromatic heterocycles. The average Bonchev–Trinajstić information content (AvgIpc) is 2.70. The van der Waals surface area contributed by atoms with Gasteiger partial charge in [0.15, 0.2) is 0 Å². The molecule has 0 aliphatic carbocycles. The Morgan fingerprint density at radius 1 is 1.47 bits per heavy atom. The third kappa shape index (κ3) is 1.95. The van der Waals surface area contributed by atoms with Crippen LogP contribution in [0.1, 0.15) is 11.3 Å². The van der Waals surface area contributed by atoms with Gasteiger partial charge >= 0.3 is 0 Å². The van der Waals surface area contributed by atoms with Crippen molar-refractivity contribution in [1.29, 1.82) is 0 Å². The molecule has 0 atom stereocenters. The quantitative estimate of drug-likeness (QED) is 0.778. The second-order valence-electron chi connectivity index (χ2n) is 3.22. The minimum Gasteiger partial charge on any atom is -0.360 e.